The molecule has 0 amide bonds. The predicted molar refractivity (Wildman–Crippen MR) is 100.0 cm³/mol. The smallest absolute Gasteiger partial charge is 0.387 e. The number of aromatic nitrogens is 5. The fourth-order valence-corrected chi connectivity index (χ4v) is 2.81. The van der Waals surface area contributed by atoms with Gasteiger partial charge in [-0.2, -0.15) is 23.7 Å². The number of aryl methyl sites for hydroxylation is 1. The summed E-state index contributed by atoms with van der Waals surface area (Å²) in [7, 11) is 0. The van der Waals surface area contributed by atoms with Crippen LogP contribution in [0.5, 0.6) is 5.75 Å². The molecule has 3 N–H and O–H groups in total. The number of anilines is 3. The number of ether oxygens (including phenoxy) is 1. The molecular formula is C18H15F2N7O. The number of nitrogens with one attached hydrogen (secondary N) is 1. The molecule has 2 aromatic heterocycles. The normalized spacial score (nSPS) is 11.1. The van der Waals surface area contributed by atoms with Gasteiger partial charge >= 0.3 is 6.61 Å². The van der Waals surface area contributed by atoms with Crippen molar-refractivity contribution in [3.8, 4) is 11.7 Å². The van der Waals surface area contributed by atoms with E-state index in [0.29, 0.717) is 17.5 Å². The van der Waals surface area contributed by atoms with Gasteiger partial charge in [0.05, 0.1) is 11.0 Å². The number of nitrogens with zero attached hydrogens (tertiary/aromatic N) is 5. The van der Waals surface area contributed by atoms with Crippen LogP contribution in [0.3, 0.4) is 0 Å². The Morgan fingerprint density at radius 3 is 2.68 bits per heavy atom. The van der Waals surface area contributed by atoms with E-state index in [2.05, 4.69) is 30.0 Å². The number of benzene rings is 2. The molecule has 0 saturated heterocycles. The Kier molecular flexibility index (Phi) is 4.44. The number of hydrogen-bond donors (Lipinski definition) is 2. The van der Waals surface area contributed by atoms with Gasteiger partial charge in [-0.25, -0.2) is 4.98 Å². The van der Waals surface area contributed by atoms with Crippen LogP contribution in [0.2, 0.25) is 0 Å². The number of para-hydroxylation sites is 2. The molecule has 0 radical (unpaired) electrons. The molecule has 4 aromatic rings. The Labute approximate surface area is 158 Å². The summed E-state index contributed by atoms with van der Waals surface area (Å²) in [4.78, 5) is 17.1. The van der Waals surface area contributed by atoms with Crippen LogP contribution in [0, 0.1) is 6.92 Å². The monoisotopic (exact) mass is 383 g/mol. The van der Waals surface area contributed by atoms with Crippen molar-refractivity contribution in [3.63, 3.8) is 0 Å². The third-order valence-electron chi connectivity index (χ3n) is 3.88. The number of nitrogens with two attached hydrogens (primary N) is 1. The van der Waals surface area contributed by atoms with Crippen LogP contribution in [0.25, 0.3) is 17.0 Å². The van der Waals surface area contributed by atoms with Gasteiger partial charge in [-0.05, 0) is 31.2 Å². The number of rotatable bonds is 5. The lowest BCUT2D eigenvalue weighted by molar-refractivity contribution is -0.0498. The van der Waals surface area contributed by atoms with Crippen LogP contribution in [0.15, 0.2) is 48.5 Å². The molecule has 2 heterocycles. The zero-order chi connectivity index (χ0) is 19.7. The van der Waals surface area contributed by atoms with Crippen molar-refractivity contribution in [2.45, 2.75) is 13.5 Å². The number of imidazole rings is 1. The van der Waals surface area contributed by atoms with Crippen LogP contribution in [-0.2, 0) is 0 Å². The van der Waals surface area contributed by atoms with E-state index in [4.69, 9.17) is 5.73 Å². The van der Waals surface area contributed by atoms with E-state index in [9.17, 15) is 8.78 Å². The third-order valence-corrected chi connectivity index (χ3v) is 3.88. The van der Waals surface area contributed by atoms with E-state index in [1.807, 2.05) is 31.2 Å². The standard InChI is InChI=1S/C18H15F2N7O/c1-10-22-13-7-2-3-8-14(13)27(10)18-25-16(21)24-17(26-18)23-11-5-4-6-12(9-11)28-15(19)20/h2-9,15H,1H3,(H3,21,23,24,25,26). The number of halogens is 2. The largest absolute Gasteiger partial charge is 0.435 e. The minimum Gasteiger partial charge on any atom is -0.435 e. The quantitative estimate of drug-likeness (QED) is 0.544. The molecule has 0 bridgehead atoms. The molecule has 0 unspecified atom stereocenters. The lowest BCUT2D eigenvalue weighted by Crippen LogP contribution is -2.10. The van der Waals surface area contributed by atoms with Gasteiger partial charge in [0, 0.05) is 11.8 Å². The van der Waals surface area contributed by atoms with Crippen LogP contribution >= 0.6 is 0 Å². The van der Waals surface area contributed by atoms with E-state index in [1.165, 1.54) is 12.1 Å². The molecule has 0 spiro atoms. The number of fused-ring (bicyclic) bond motifs is 1. The Bertz CT molecular complexity index is 1150. The van der Waals surface area contributed by atoms with Gasteiger partial charge in [0.25, 0.3) is 0 Å². The highest BCUT2D eigenvalue weighted by Gasteiger charge is 2.14. The van der Waals surface area contributed by atoms with Crippen molar-refractivity contribution in [2.75, 3.05) is 11.1 Å². The van der Waals surface area contributed by atoms with Gasteiger partial charge in [0.1, 0.15) is 11.6 Å². The van der Waals surface area contributed by atoms with Crippen molar-refractivity contribution in [1.82, 2.24) is 24.5 Å². The van der Waals surface area contributed by atoms with Crippen molar-refractivity contribution >= 4 is 28.6 Å². The van der Waals surface area contributed by atoms with Gasteiger partial charge in [0.2, 0.25) is 17.8 Å². The molecule has 0 aliphatic carbocycles. The van der Waals surface area contributed by atoms with Gasteiger partial charge in [-0.3, -0.25) is 4.57 Å². The molecule has 28 heavy (non-hydrogen) atoms. The predicted octanol–water partition coefficient (Wildman–Crippen LogP) is 3.45. The van der Waals surface area contributed by atoms with Crippen LogP contribution in [0.4, 0.5) is 26.4 Å². The summed E-state index contributed by atoms with van der Waals surface area (Å²) >= 11 is 0. The van der Waals surface area contributed by atoms with Crippen molar-refractivity contribution < 1.29 is 13.5 Å². The van der Waals surface area contributed by atoms with Crippen molar-refractivity contribution in [1.29, 1.82) is 0 Å². The van der Waals surface area contributed by atoms with Crippen LogP contribution < -0.4 is 15.8 Å². The summed E-state index contributed by atoms with van der Waals surface area (Å²) in [6, 6.07) is 13.6. The third kappa shape index (κ3) is 3.52. The molecule has 0 aliphatic rings. The lowest BCUT2D eigenvalue weighted by Gasteiger charge is -2.10. The fraction of sp³-hybridized carbons (Fsp3) is 0.111. The van der Waals surface area contributed by atoms with Gasteiger partial charge in [0.15, 0.2) is 0 Å². The minimum atomic E-state index is -2.91. The SMILES string of the molecule is Cc1nc2ccccc2n1-c1nc(N)nc(Nc2cccc(OC(F)F)c2)n1. The maximum Gasteiger partial charge on any atom is 0.387 e. The second-order valence-corrected chi connectivity index (χ2v) is 5.83. The molecule has 142 valence electrons. The molecular weight excluding hydrogens is 368 g/mol. The molecule has 0 saturated carbocycles. The molecule has 0 fully saturated rings. The molecule has 0 aliphatic heterocycles. The highest BCUT2D eigenvalue weighted by atomic mass is 19.3. The van der Waals surface area contributed by atoms with E-state index < -0.39 is 6.61 Å². The molecule has 0 atom stereocenters. The Morgan fingerprint density at radius 1 is 1.04 bits per heavy atom. The van der Waals surface area contributed by atoms with E-state index >= 15 is 0 Å². The summed E-state index contributed by atoms with van der Waals surface area (Å²) in [5, 5.41) is 2.93. The molecule has 4 rings (SSSR count). The zero-order valence-electron chi connectivity index (χ0n) is 14.7. The molecule has 10 heteroatoms. The Hall–Kier alpha value is -3.82. The second-order valence-electron chi connectivity index (χ2n) is 5.83. The number of nitrogen functional groups attached to an aromatic ring is 1. The first-order valence-corrected chi connectivity index (χ1v) is 8.27. The maximum atomic E-state index is 12.4. The van der Waals surface area contributed by atoms with Crippen molar-refractivity contribution in [2.24, 2.45) is 0 Å². The van der Waals surface area contributed by atoms with E-state index in [0.717, 1.165) is 11.0 Å². The zero-order valence-corrected chi connectivity index (χ0v) is 14.7. The Morgan fingerprint density at radius 2 is 1.86 bits per heavy atom. The van der Waals surface area contributed by atoms with E-state index in [1.54, 1.807) is 16.7 Å². The topological polar surface area (TPSA) is 104 Å². The summed E-state index contributed by atoms with van der Waals surface area (Å²) < 4.78 is 31.0. The number of alkyl halides is 2. The van der Waals surface area contributed by atoms with Crippen LogP contribution in [-0.4, -0.2) is 31.1 Å². The summed E-state index contributed by atoms with van der Waals surface area (Å²) in [6.07, 6.45) is 0. The molecule has 2 aromatic carbocycles. The fourth-order valence-electron chi connectivity index (χ4n) is 2.81. The second kappa shape index (κ2) is 7.06. The summed E-state index contributed by atoms with van der Waals surface area (Å²) in [5.74, 6) is 1.16. The molecule has 8 nitrogen and oxygen atoms in total. The summed E-state index contributed by atoms with van der Waals surface area (Å²) in [5.41, 5.74) is 7.93. The first-order valence-electron chi connectivity index (χ1n) is 8.27. The van der Waals surface area contributed by atoms with Gasteiger partial charge in [-0.15, -0.1) is 0 Å². The summed E-state index contributed by atoms with van der Waals surface area (Å²) in [6.45, 7) is -1.08. The minimum absolute atomic E-state index is 0.00432. The Balaban J connectivity index is 1.71. The van der Waals surface area contributed by atoms with E-state index in [-0.39, 0.29) is 17.6 Å². The maximum absolute atomic E-state index is 12.4. The lowest BCUT2D eigenvalue weighted by atomic mass is 10.3. The number of hydrogen-bond acceptors (Lipinski definition) is 7. The first kappa shape index (κ1) is 17.6. The highest BCUT2D eigenvalue weighted by Crippen LogP contribution is 2.23. The average molecular weight is 383 g/mol. The highest BCUT2D eigenvalue weighted by molar-refractivity contribution is 5.77. The van der Waals surface area contributed by atoms with Crippen molar-refractivity contribution in [3.05, 3.63) is 54.4 Å². The van der Waals surface area contributed by atoms with Gasteiger partial charge < -0.3 is 15.8 Å². The van der Waals surface area contributed by atoms with Gasteiger partial charge in [-0.1, -0.05) is 18.2 Å². The average Bonchev–Trinajstić information content (AvgIpc) is 2.96. The van der Waals surface area contributed by atoms with Crippen LogP contribution in [0.1, 0.15) is 5.82 Å². The first-order chi connectivity index (χ1) is 13.5.